The van der Waals surface area contributed by atoms with Crippen LogP contribution in [0.1, 0.15) is 17.5 Å². The van der Waals surface area contributed by atoms with Crippen molar-refractivity contribution in [1.82, 2.24) is 20.4 Å². The molecular formula is C16H20N4O2. The molecule has 1 aromatic carbocycles. The Morgan fingerprint density at radius 2 is 2.18 bits per heavy atom. The van der Waals surface area contributed by atoms with Crippen LogP contribution in [0.5, 0.6) is 0 Å². The van der Waals surface area contributed by atoms with Crippen molar-refractivity contribution in [3.05, 3.63) is 53.9 Å². The number of β-amino-alcohol motifs (C(OH)–C–C–N with tert-alkyl or cyclic N) is 1. The van der Waals surface area contributed by atoms with E-state index in [-0.39, 0.29) is 11.9 Å². The highest BCUT2D eigenvalue weighted by molar-refractivity contribution is 5.82. The molecule has 1 fully saturated rings. The summed E-state index contributed by atoms with van der Waals surface area (Å²) in [6.45, 7) is 1.64. The lowest BCUT2D eigenvalue weighted by molar-refractivity contribution is -0.123. The Bertz CT molecular complexity index is 626. The molecule has 3 rings (SSSR count). The van der Waals surface area contributed by atoms with E-state index in [0.29, 0.717) is 26.1 Å². The van der Waals surface area contributed by atoms with Crippen LogP contribution >= 0.6 is 0 Å². The summed E-state index contributed by atoms with van der Waals surface area (Å²) in [5.74, 6) is -0.0765. The number of nitrogens with zero attached hydrogens (tertiary/aromatic N) is 2. The molecule has 2 atom stereocenters. The van der Waals surface area contributed by atoms with E-state index in [0.717, 1.165) is 5.56 Å². The summed E-state index contributed by atoms with van der Waals surface area (Å²) in [4.78, 5) is 12.0. The average Bonchev–Trinajstić information content (AvgIpc) is 3.15. The van der Waals surface area contributed by atoms with E-state index in [4.69, 9.17) is 0 Å². The molecule has 0 unspecified atom stereocenters. The molecule has 2 aromatic rings. The van der Waals surface area contributed by atoms with Gasteiger partial charge >= 0.3 is 0 Å². The van der Waals surface area contributed by atoms with E-state index in [1.54, 1.807) is 6.20 Å². The number of carbonyl (C=O) groups is 1. The monoisotopic (exact) mass is 300 g/mol. The molecule has 1 amide bonds. The van der Waals surface area contributed by atoms with Crippen molar-refractivity contribution in [2.45, 2.75) is 31.7 Å². The lowest BCUT2D eigenvalue weighted by Gasteiger charge is -2.09. The van der Waals surface area contributed by atoms with Gasteiger partial charge in [0.2, 0.25) is 5.91 Å². The summed E-state index contributed by atoms with van der Waals surface area (Å²) in [6.07, 6.45) is 3.74. The molecule has 0 spiro atoms. The van der Waals surface area contributed by atoms with Crippen LogP contribution in [0.25, 0.3) is 0 Å². The van der Waals surface area contributed by atoms with E-state index >= 15 is 0 Å². The molecular weight excluding hydrogens is 280 g/mol. The van der Waals surface area contributed by atoms with Crippen molar-refractivity contribution in [2.75, 3.05) is 6.54 Å². The van der Waals surface area contributed by atoms with Crippen LogP contribution in [0.15, 0.2) is 42.7 Å². The fourth-order valence-corrected chi connectivity index (χ4v) is 2.58. The molecule has 2 heterocycles. The molecule has 0 bridgehead atoms. The van der Waals surface area contributed by atoms with E-state index in [9.17, 15) is 9.90 Å². The fraction of sp³-hybridized carbons (Fsp3) is 0.375. The molecule has 116 valence electrons. The molecule has 1 aromatic heterocycles. The highest BCUT2D eigenvalue weighted by atomic mass is 16.3. The van der Waals surface area contributed by atoms with Crippen molar-refractivity contribution in [1.29, 1.82) is 0 Å². The first-order valence-corrected chi connectivity index (χ1v) is 7.45. The Labute approximate surface area is 129 Å². The summed E-state index contributed by atoms with van der Waals surface area (Å²) in [5.41, 5.74) is 2.15. The molecule has 22 heavy (non-hydrogen) atoms. The van der Waals surface area contributed by atoms with Crippen LogP contribution in [-0.4, -0.2) is 39.5 Å². The SMILES string of the molecule is O=C(NCc1cnn(Cc2ccccc2)c1)[C@H]1C[C@H](O)CN1. The zero-order chi connectivity index (χ0) is 15.4. The van der Waals surface area contributed by atoms with Gasteiger partial charge in [-0.1, -0.05) is 30.3 Å². The van der Waals surface area contributed by atoms with Crippen LogP contribution < -0.4 is 10.6 Å². The Hall–Kier alpha value is -2.18. The summed E-state index contributed by atoms with van der Waals surface area (Å²) in [7, 11) is 0. The fourth-order valence-electron chi connectivity index (χ4n) is 2.58. The van der Waals surface area contributed by atoms with Crippen molar-refractivity contribution >= 4 is 5.91 Å². The highest BCUT2D eigenvalue weighted by Gasteiger charge is 2.27. The van der Waals surface area contributed by atoms with Gasteiger partial charge < -0.3 is 15.7 Å². The number of benzene rings is 1. The quantitative estimate of drug-likeness (QED) is 0.740. The van der Waals surface area contributed by atoms with E-state index < -0.39 is 6.10 Å². The predicted molar refractivity (Wildman–Crippen MR) is 82.0 cm³/mol. The molecule has 0 saturated carbocycles. The van der Waals surface area contributed by atoms with Gasteiger partial charge in [0.15, 0.2) is 0 Å². The van der Waals surface area contributed by atoms with Crippen LogP contribution in [-0.2, 0) is 17.9 Å². The molecule has 6 nitrogen and oxygen atoms in total. The van der Waals surface area contributed by atoms with Gasteiger partial charge in [0.1, 0.15) is 0 Å². The smallest absolute Gasteiger partial charge is 0.237 e. The first-order valence-electron chi connectivity index (χ1n) is 7.45. The van der Waals surface area contributed by atoms with Gasteiger partial charge in [0.25, 0.3) is 0 Å². The number of aliphatic hydroxyl groups is 1. The maximum atomic E-state index is 12.0. The summed E-state index contributed by atoms with van der Waals surface area (Å²) < 4.78 is 1.86. The number of hydrogen-bond donors (Lipinski definition) is 3. The molecule has 1 saturated heterocycles. The lowest BCUT2D eigenvalue weighted by Crippen LogP contribution is -2.39. The molecule has 0 aliphatic carbocycles. The Kier molecular flexibility index (Phi) is 4.50. The molecule has 1 aliphatic heterocycles. The zero-order valence-corrected chi connectivity index (χ0v) is 12.3. The van der Waals surface area contributed by atoms with E-state index in [1.807, 2.05) is 29.1 Å². The number of hydrogen-bond acceptors (Lipinski definition) is 4. The van der Waals surface area contributed by atoms with Crippen LogP contribution in [0.3, 0.4) is 0 Å². The second-order valence-corrected chi connectivity index (χ2v) is 5.60. The normalized spacial score (nSPS) is 21.0. The number of rotatable bonds is 5. The second kappa shape index (κ2) is 6.72. The topological polar surface area (TPSA) is 79.2 Å². The van der Waals surface area contributed by atoms with Gasteiger partial charge in [-0.3, -0.25) is 9.48 Å². The summed E-state index contributed by atoms with van der Waals surface area (Å²) >= 11 is 0. The second-order valence-electron chi connectivity index (χ2n) is 5.60. The number of amides is 1. The van der Waals surface area contributed by atoms with Gasteiger partial charge in [0.05, 0.1) is 24.9 Å². The van der Waals surface area contributed by atoms with Crippen molar-refractivity contribution in [3.8, 4) is 0 Å². The first kappa shape index (κ1) is 14.7. The number of carbonyl (C=O) groups excluding carboxylic acids is 1. The van der Waals surface area contributed by atoms with Crippen molar-refractivity contribution in [2.24, 2.45) is 0 Å². The molecule has 0 radical (unpaired) electrons. The number of nitrogens with one attached hydrogen (secondary N) is 2. The lowest BCUT2D eigenvalue weighted by atomic mass is 10.2. The van der Waals surface area contributed by atoms with E-state index in [1.165, 1.54) is 5.56 Å². The average molecular weight is 300 g/mol. The molecule has 3 N–H and O–H groups in total. The van der Waals surface area contributed by atoms with Crippen LogP contribution in [0.2, 0.25) is 0 Å². The largest absolute Gasteiger partial charge is 0.392 e. The number of aromatic nitrogens is 2. The van der Waals surface area contributed by atoms with Gasteiger partial charge in [-0.05, 0) is 12.0 Å². The van der Waals surface area contributed by atoms with Crippen molar-refractivity contribution < 1.29 is 9.90 Å². The minimum Gasteiger partial charge on any atom is -0.392 e. The van der Waals surface area contributed by atoms with Crippen LogP contribution in [0, 0.1) is 0 Å². The molecule has 6 heteroatoms. The third kappa shape index (κ3) is 3.72. The minimum atomic E-state index is -0.427. The standard InChI is InChI=1S/C16H20N4O2/c21-14-6-15(17-9-14)16(22)18-7-13-8-19-20(11-13)10-12-4-2-1-3-5-12/h1-5,8,11,14-15,17,21H,6-7,9-10H2,(H,18,22)/t14-,15+/m0/s1. The van der Waals surface area contributed by atoms with Gasteiger partial charge in [-0.25, -0.2) is 0 Å². The Balaban J connectivity index is 1.50. The van der Waals surface area contributed by atoms with Gasteiger partial charge in [0, 0.05) is 24.8 Å². The summed E-state index contributed by atoms with van der Waals surface area (Å²) in [6, 6.07) is 9.81. The minimum absolute atomic E-state index is 0.0765. The summed E-state index contributed by atoms with van der Waals surface area (Å²) in [5, 5.41) is 19.6. The van der Waals surface area contributed by atoms with E-state index in [2.05, 4.69) is 27.9 Å². The first-order chi connectivity index (χ1) is 10.7. The Morgan fingerprint density at radius 1 is 1.36 bits per heavy atom. The van der Waals surface area contributed by atoms with Gasteiger partial charge in [-0.15, -0.1) is 0 Å². The highest BCUT2D eigenvalue weighted by Crippen LogP contribution is 2.07. The predicted octanol–water partition coefficient (Wildman–Crippen LogP) is 0.270. The number of aliphatic hydroxyl groups excluding tert-OH is 1. The maximum absolute atomic E-state index is 12.0. The third-order valence-electron chi connectivity index (χ3n) is 3.77. The Morgan fingerprint density at radius 3 is 2.91 bits per heavy atom. The third-order valence-corrected chi connectivity index (χ3v) is 3.77. The maximum Gasteiger partial charge on any atom is 0.237 e. The zero-order valence-electron chi connectivity index (χ0n) is 12.3. The molecule has 1 aliphatic rings. The van der Waals surface area contributed by atoms with Crippen LogP contribution in [0.4, 0.5) is 0 Å². The van der Waals surface area contributed by atoms with Crippen molar-refractivity contribution in [3.63, 3.8) is 0 Å². The van der Waals surface area contributed by atoms with Gasteiger partial charge in [-0.2, -0.15) is 5.10 Å².